The fourth-order valence-electron chi connectivity index (χ4n) is 4.03. The number of unbranched alkanes of at least 4 members (excludes halogenated alkanes) is 1. The summed E-state index contributed by atoms with van der Waals surface area (Å²) >= 11 is 0. The standard InChI is InChI=1S/C28H36N2O2/c1-3-4-18-30(25-15-9-6-10-16-25)27(20-23-12-7-5-8-13-23)28(31)22-29-21-24-14-11-17-26(19-24)32-2/h5-17,19,27-29,31H,3-4,18,20-22H2,1-2H3/t27-,28+/m0/s1. The number of rotatable bonds is 13. The van der Waals surface area contributed by atoms with Crippen LogP contribution in [0.2, 0.25) is 0 Å². The van der Waals surface area contributed by atoms with Crippen LogP contribution in [0.25, 0.3) is 0 Å². The van der Waals surface area contributed by atoms with Crippen LogP contribution in [-0.4, -0.2) is 37.5 Å². The van der Waals surface area contributed by atoms with Gasteiger partial charge in [0.25, 0.3) is 0 Å². The largest absolute Gasteiger partial charge is 0.497 e. The summed E-state index contributed by atoms with van der Waals surface area (Å²) < 4.78 is 5.32. The Morgan fingerprint density at radius 3 is 2.28 bits per heavy atom. The molecule has 170 valence electrons. The van der Waals surface area contributed by atoms with Crippen molar-refractivity contribution in [3.05, 3.63) is 96.1 Å². The smallest absolute Gasteiger partial charge is 0.119 e. The number of nitrogens with one attached hydrogen (secondary N) is 1. The first-order chi connectivity index (χ1) is 15.7. The summed E-state index contributed by atoms with van der Waals surface area (Å²) in [6, 6.07) is 28.9. The minimum atomic E-state index is -0.516. The van der Waals surface area contributed by atoms with Crippen LogP contribution >= 0.6 is 0 Å². The Balaban J connectivity index is 1.75. The Kier molecular flexibility index (Phi) is 9.60. The summed E-state index contributed by atoms with van der Waals surface area (Å²) in [5, 5.41) is 14.8. The summed E-state index contributed by atoms with van der Waals surface area (Å²) in [6.07, 6.45) is 2.48. The van der Waals surface area contributed by atoms with Gasteiger partial charge in [0, 0.05) is 25.3 Å². The summed E-state index contributed by atoms with van der Waals surface area (Å²) in [5.41, 5.74) is 3.54. The molecule has 0 aliphatic carbocycles. The van der Waals surface area contributed by atoms with Gasteiger partial charge in [-0.25, -0.2) is 0 Å². The highest BCUT2D eigenvalue weighted by Crippen LogP contribution is 2.22. The van der Waals surface area contributed by atoms with Crippen molar-refractivity contribution >= 4 is 5.69 Å². The normalized spacial score (nSPS) is 12.8. The van der Waals surface area contributed by atoms with E-state index in [-0.39, 0.29) is 6.04 Å². The van der Waals surface area contributed by atoms with Crippen LogP contribution in [-0.2, 0) is 13.0 Å². The average Bonchev–Trinajstić information content (AvgIpc) is 2.85. The van der Waals surface area contributed by atoms with Gasteiger partial charge >= 0.3 is 0 Å². The van der Waals surface area contributed by atoms with Crippen molar-refractivity contribution < 1.29 is 9.84 Å². The first-order valence-electron chi connectivity index (χ1n) is 11.6. The van der Waals surface area contributed by atoms with Crippen molar-refractivity contribution in [2.24, 2.45) is 0 Å². The SMILES string of the molecule is CCCCN(c1ccccc1)[C@@H](Cc1ccccc1)[C@H](O)CNCc1cccc(OC)c1. The van der Waals surface area contributed by atoms with Crippen molar-refractivity contribution in [2.45, 2.75) is 44.9 Å². The molecule has 0 unspecified atom stereocenters. The van der Waals surface area contributed by atoms with Gasteiger partial charge in [-0.05, 0) is 48.2 Å². The second-order valence-electron chi connectivity index (χ2n) is 8.19. The number of methoxy groups -OCH3 is 1. The highest BCUT2D eigenvalue weighted by atomic mass is 16.5. The van der Waals surface area contributed by atoms with Gasteiger partial charge < -0.3 is 20.1 Å². The Morgan fingerprint density at radius 1 is 0.906 bits per heavy atom. The van der Waals surface area contributed by atoms with Crippen LogP contribution in [0.4, 0.5) is 5.69 Å². The summed E-state index contributed by atoms with van der Waals surface area (Å²) in [4.78, 5) is 2.38. The quantitative estimate of drug-likeness (QED) is 0.396. The van der Waals surface area contributed by atoms with E-state index >= 15 is 0 Å². The van der Waals surface area contributed by atoms with Crippen LogP contribution in [0.3, 0.4) is 0 Å². The van der Waals surface area contributed by atoms with Gasteiger partial charge in [-0.2, -0.15) is 0 Å². The number of benzene rings is 3. The molecule has 0 radical (unpaired) electrons. The second-order valence-corrected chi connectivity index (χ2v) is 8.19. The molecule has 2 atom stereocenters. The van der Waals surface area contributed by atoms with Crippen molar-refractivity contribution in [3.8, 4) is 5.75 Å². The molecule has 0 bridgehead atoms. The molecule has 3 rings (SSSR count). The first-order valence-corrected chi connectivity index (χ1v) is 11.6. The van der Waals surface area contributed by atoms with Crippen molar-refractivity contribution in [3.63, 3.8) is 0 Å². The molecule has 2 N–H and O–H groups in total. The lowest BCUT2D eigenvalue weighted by molar-refractivity contribution is 0.136. The Bertz CT molecular complexity index is 902. The molecule has 0 fully saturated rings. The number of hydrogen-bond donors (Lipinski definition) is 2. The number of ether oxygens (including phenoxy) is 1. The number of aliphatic hydroxyl groups excluding tert-OH is 1. The van der Waals surface area contributed by atoms with Crippen LogP contribution in [0.1, 0.15) is 30.9 Å². The van der Waals surface area contributed by atoms with Gasteiger partial charge in [-0.1, -0.05) is 74.0 Å². The molecule has 0 spiro atoms. The van der Waals surface area contributed by atoms with E-state index in [0.29, 0.717) is 13.1 Å². The third kappa shape index (κ3) is 7.11. The zero-order valence-corrected chi connectivity index (χ0v) is 19.3. The molecule has 4 heteroatoms. The number of anilines is 1. The second kappa shape index (κ2) is 12.9. The molecular weight excluding hydrogens is 396 g/mol. The van der Waals surface area contributed by atoms with Crippen molar-refractivity contribution in [1.82, 2.24) is 5.32 Å². The molecule has 0 saturated heterocycles. The number of nitrogens with zero attached hydrogens (tertiary/aromatic N) is 1. The van der Waals surface area contributed by atoms with E-state index in [1.54, 1.807) is 7.11 Å². The van der Waals surface area contributed by atoms with E-state index in [1.807, 2.05) is 30.3 Å². The zero-order chi connectivity index (χ0) is 22.6. The number of para-hydroxylation sites is 1. The van der Waals surface area contributed by atoms with E-state index in [1.165, 1.54) is 5.56 Å². The maximum atomic E-state index is 11.4. The van der Waals surface area contributed by atoms with Gasteiger partial charge in [0.05, 0.1) is 19.3 Å². The molecule has 0 heterocycles. The molecule has 0 aliphatic rings. The molecule has 3 aromatic carbocycles. The minimum absolute atomic E-state index is 0.0239. The fourth-order valence-corrected chi connectivity index (χ4v) is 4.03. The highest BCUT2D eigenvalue weighted by molar-refractivity contribution is 5.48. The Morgan fingerprint density at radius 2 is 1.59 bits per heavy atom. The molecule has 0 aromatic heterocycles. The predicted molar refractivity (Wildman–Crippen MR) is 133 cm³/mol. The van der Waals surface area contributed by atoms with E-state index in [4.69, 9.17) is 4.74 Å². The molecule has 4 nitrogen and oxygen atoms in total. The zero-order valence-electron chi connectivity index (χ0n) is 19.3. The maximum absolute atomic E-state index is 11.4. The van der Waals surface area contributed by atoms with Gasteiger partial charge in [0.15, 0.2) is 0 Å². The lowest BCUT2D eigenvalue weighted by Gasteiger charge is -2.37. The molecule has 32 heavy (non-hydrogen) atoms. The van der Waals surface area contributed by atoms with Crippen LogP contribution in [0.5, 0.6) is 5.75 Å². The first kappa shape index (κ1) is 23.8. The summed E-state index contributed by atoms with van der Waals surface area (Å²) in [7, 11) is 1.68. The topological polar surface area (TPSA) is 44.7 Å². The summed E-state index contributed by atoms with van der Waals surface area (Å²) in [6.45, 7) is 4.34. The van der Waals surface area contributed by atoms with E-state index in [0.717, 1.165) is 42.8 Å². The van der Waals surface area contributed by atoms with Crippen LogP contribution in [0, 0.1) is 0 Å². The van der Waals surface area contributed by atoms with Gasteiger partial charge in [0.1, 0.15) is 5.75 Å². The van der Waals surface area contributed by atoms with Crippen LogP contribution < -0.4 is 15.0 Å². The van der Waals surface area contributed by atoms with E-state index in [9.17, 15) is 5.11 Å². The molecule has 0 saturated carbocycles. The van der Waals surface area contributed by atoms with E-state index in [2.05, 4.69) is 71.7 Å². The minimum Gasteiger partial charge on any atom is -0.497 e. The Labute approximate surface area is 192 Å². The van der Waals surface area contributed by atoms with Crippen molar-refractivity contribution in [1.29, 1.82) is 0 Å². The van der Waals surface area contributed by atoms with E-state index < -0.39 is 6.10 Å². The van der Waals surface area contributed by atoms with Gasteiger partial charge in [-0.15, -0.1) is 0 Å². The Hall–Kier alpha value is -2.82. The predicted octanol–water partition coefficient (Wildman–Crippen LogP) is 5.06. The molecular formula is C28H36N2O2. The average molecular weight is 433 g/mol. The lowest BCUT2D eigenvalue weighted by Crippen LogP contribution is -2.49. The third-order valence-corrected chi connectivity index (χ3v) is 5.79. The fraction of sp³-hybridized carbons (Fsp3) is 0.357. The number of hydrogen-bond acceptors (Lipinski definition) is 4. The summed E-state index contributed by atoms with van der Waals surface area (Å²) in [5.74, 6) is 0.849. The van der Waals surface area contributed by atoms with Gasteiger partial charge in [0.2, 0.25) is 0 Å². The highest BCUT2D eigenvalue weighted by Gasteiger charge is 2.26. The van der Waals surface area contributed by atoms with Crippen molar-refractivity contribution in [2.75, 3.05) is 25.1 Å². The van der Waals surface area contributed by atoms with Crippen LogP contribution in [0.15, 0.2) is 84.9 Å². The third-order valence-electron chi connectivity index (χ3n) is 5.79. The number of aliphatic hydroxyl groups is 1. The molecule has 3 aromatic rings. The van der Waals surface area contributed by atoms with Gasteiger partial charge in [-0.3, -0.25) is 0 Å². The lowest BCUT2D eigenvalue weighted by atomic mass is 9.98. The molecule has 0 aliphatic heterocycles. The molecule has 0 amide bonds. The monoisotopic (exact) mass is 432 g/mol. The maximum Gasteiger partial charge on any atom is 0.119 e.